The van der Waals surface area contributed by atoms with Crippen molar-refractivity contribution < 1.29 is 18.3 Å². The summed E-state index contributed by atoms with van der Waals surface area (Å²) in [5.74, 6) is -1.05. The van der Waals surface area contributed by atoms with Gasteiger partial charge in [-0.25, -0.2) is 8.78 Å². The third-order valence-electron chi connectivity index (χ3n) is 4.29. The Kier molecular flexibility index (Phi) is 5.66. The lowest BCUT2D eigenvalue weighted by Gasteiger charge is -2.15. The number of nitrogens with two attached hydrogens (primary N) is 1. The summed E-state index contributed by atoms with van der Waals surface area (Å²) in [4.78, 5) is 11.1. The van der Waals surface area contributed by atoms with Gasteiger partial charge in [0.05, 0.1) is 24.0 Å². The molecule has 0 bridgehead atoms. The summed E-state index contributed by atoms with van der Waals surface area (Å²) in [6.45, 7) is 0.348. The molecule has 27 heavy (non-hydrogen) atoms. The fourth-order valence-corrected chi connectivity index (χ4v) is 2.87. The van der Waals surface area contributed by atoms with Gasteiger partial charge in [0.1, 0.15) is 18.4 Å². The number of benzene rings is 2. The molecule has 0 aliphatic carbocycles. The minimum absolute atomic E-state index is 0.00152. The maximum absolute atomic E-state index is 14.2. The van der Waals surface area contributed by atoms with E-state index < -0.39 is 11.6 Å². The third-order valence-corrected chi connectivity index (χ3v) is 4.29. The van der Waals surface area contributed by atoms with Gasteiger partial charge in [0.25, 0.3) is 0 Å². The fraction of sp³-hybridized carbons (Fsp3) is 0.263. The van der Waals surface area contributed by atoms with Crippen LogP contribution in [0.5, 0.6) is 0 Å². The molecule has 0 radical (unpaired) electrons. The van der Waals surface area contributed by atoms with E-state index in [0.29, 0.717) is 25.0 Å². The van der Waals surface area contributed by atoms with Gasteiger partial charge in [-0.05, 0) is 30.7 Å². The van der Waals surface area contributed by atoms with Crippen LogP contribution in [0.4, 0.5) is 20.2 Å². The molecule has 2 aromatic rings. The van der Waals surface area contributed by atoms with Crippen LogP contribution in [0, 0.1) is 17.0 Å². The van der Waals surface area contributed by atoms with Gasteiger partial charge in [-0.1, -0.05) is 12.1 Å². The molecule has 0 saturated carbocycles. The number of rotatable bonds is 7. The van der Waals surface area contributed by atoms with Crippen LogP contribution >= 0.6 is 0 Å². The number of nitrogens with one attached hydrogen (secondary N) is 3. The first-order chi connectivity index (χ1) is 12.9. The van der Waals surface area contributed by atoms with Crippen molar-refractivity contribution in [3.05, 3.63) is 59.2 Å². The van der Waals surface area contributed by atoms with Crippen molar-refractivity contribution in [3.8, 4) is 0 Å². The van der Waals surface area contributed by atoms with Crippen molar-refractivity contribution in [2.45, 2.75) is 18.9 Å². The highest BCUT2D eigenvalue weighted by Crippen LogP contribution is 2.25. The standard InChI is InChI=1S/C19H20F2N4O2/c20-12-3-1-2-11(6-12)19(23)14-7-17(15(21)8-16(14)22)24-10-27-9-13-4-5-18(26)25-13/h1-3,6-8,13,23-24H,4-5,9-10,22H2,(H,25,26). The van der Waals surface area contributed by atoms with Crippen LogP contribution in [0.25, 0.3) is 0 Å². The highest BCUT2D eigenvalue weighted by atomic mass is 19.1. The molecule has 8 heteroatoms. The number of hydrogen-bond donors (Lipinski definition) is 4. The Hall–Kier alpha value is -3.00. The van der Waals surface area contributed by atoms with Gasteiger partial charge in [0.2, 0.25) is 5.91 Å². The molecule has 1 aliphatic heterocycles. The van der Waals surface area contributed by atoms with E-state index in [1.165, 1.54) is 24.3 Å². The minimum atomic E-state index is -0.582. The lowest BCUT2D eigenvalue weighted by atomic mass is 10.00. The molecule has 1 heterocycles. The molecule has 1 aliphatic rings. The highest BCUT2D eigenvalue weighted by Gasteiger charge is 2.20. The number of hydrogen-bond acceptors (Lipinski definition) is 5. The number of carbonyl (C=O) groups excluding carboxylic acids is 1. The maximum atomic E-state index is 14.2. The molecule has 1 amide bonds. The first kappa shape index (κ1) is 18.8. The average Bonchev–Trinajstić information content (AvgIpc) is 3.05. The Morgan fingerprint density at radius 2 is 2.15 bits per heavy atom. The van der Waals surface area contributed by atoms with Crippen molar-refractivity contribution in [2.75, 3.05) is 24.4 Å². The zero-order chi connectivity index (χ0) is 19.4. The molecule has 1 unspecified atom stereocenters. The van der Waals surface area contributed by atoms with Crippen LogP contribution in [-0.4, -0.2) is 31.0 Å². The molecule has 0 spiro atoms. The second-order valence-electron chi connectivity index (χ2n) is 6.30. The molecular weight excluding hydrogens is 354 g/mol. The van der Waals surface area contributed by atoms with Crippen LogP contribution in [0.2, 0.25) is 0 Å². The fourth-order valence-electron chi connectivity index (χ4n) is 2.87. The van der Waals surface area contributed by atoms with E-state index in [-0.39, 0.29) is 41.3 Å². The monoisotopic (exact) mass is 374 g/mol. The first-order valence-electron chi connectivity index (χ1n) is 8.49. The molecule has 3 rings (SSSR count). The van der Waals surface area contributed by atoms with Crippen molar-refractivity contribution in [1.29, 1.82) is 5.41 Å². The second kappa shape index (κ2) is 8.13. The van der Waals surface area contributed by atoms with Crippen LogP contribution in [0.15, 0.2) is 36.4 Å². The predicted octanol–water partition coefficient (Wildman–Crippen LogP) is 2.63. The Bertz CT molecular complexity index is 873. The van der Waals surface area contributed by atoms with Gasteiger partial charge in [-0.3, -0.25) is 10.2 Å². The van der Waals surface area contributed by atoms with Crippen LogP contribution in [0.3, 0.4) is 0 Å². The number of amides is 1. The Labute approximate surface area is 155 Å². The van der Waals surface area contributed by atoms with E-state index in [1.54, 1.807) is 6.07 Å². The second-order valence-corrected chi connectivity index (χ2v) is 6.30. The molecule has 0 aromatic heterocycles. The Morgan fingerprint density at radius 3 is 2.85 bits per heavy atom. The maximum Gasteiger partial charge on any atom is 0.220 e. The van der Waals surface area contributed by atoms with Crippen molar-refractivity contribution in [3.63, 3.8) is 0 Å². The van der Waals surface area contributed by atoms with Gasteiger partial charge in [0, 0.05) is 23.2 Å². The zero-order valence-corrected chi connectivity index (χ0v) is 14.5. The number of anilines is 2. The average molecular weight is 374 g/mol. The molecule has 6 nitrogen and oxygen atoms in total. The molecule has 5 N–H and O–H groups in total. The molecule has 1 saturated heterocycles. The summed E-state index contributed by atoms with van der Waals surface area (Å²) in [6, 6.07) is 8.06. The first-order valence-corrected chi connectivity index (χ1v) is 8.49. The van der Waals surface area contributed by atoms with Crippen molar-refractivity contribution in [1.82, 2.24) is 5.32 Å². The van der Waals surface area contributed by atoms with Gasteiger partial charge in [0.15, 0.2) is 0 Å². The lowest BCUT2D eigenvalue weighted by Crippen LogP contribution is -2.30. The Balaban J connectivity index is 1.66. The summed E-state index contributed by atoms with van der Waals surface area (Å²) in [5.41, 5.74) is 6.66. The predicted molar refractivity (Wildman–Crippen MR) is 98.7 cm³/mol. The summed E-state index contributed by atoms with van der Waals surface area (Å²) < 4.78 is 33.0. The van der Waals surface area contributed by atoms with Gasteiger partial charge in [-0.15, -0.1) is 0 Å². The summed E-state index contributed by atoms with van der Waals surface area (Å²) in [5, 5.41) is 13.8. The van der Waals surface area contributed by atoms with E-state index in [9.17, 15) is 13.6 Å². The number of carbonyl (C=O) groups is 1. The summed E-state index contributed by atoms with van der Waals surface area (Å²) in [7, 11) is 0. The highest BCUT2D eigenvalue weighted by molar-refractivity contribution is 6.14. The largest absolute Gasteiger partial charge is 0.398 e. The van der Waals surface area contributed by atoms with E-state index in [2.05, 4.69) is 10.6 Å². The van der Waals surface area contributed by atoms with Crippen molar-refractivity contribution >= 4 is 23.0 Å². The quantitative estimate of drug-likeness (QED) is 0.259. The molecule has 1 atom stereocenters. The topological polar surface area (TPSA) is 100 Å². The zero-order valence-electron chi connectivity index (χ0n) is 14.5. The number of ether oxygens (including phenoxy) is 1. The summed E-state index contributed by atoms with van der Waals surface area (Å²) >= 11 is 0. The number of nitrogen functional groups attached to an aromatic ring is 1. The van der Waals surface area contributed by atoms with Crippen LogP contribution in [-0.2, 0) is 9.53 Å². The third kappa shape index (κ3) is 4.59. The smallest absolute Gasteiger partial charge is 0.220 e. The minimum Gasteiger partial charge on any atom is -0.398 e. The lowest BCUT2D eigenvalue weighted by molar-refractivity contribution is -0.119. The summed E-state index contributed by atoms with van der Waals surface area (Å²) in [6.07, 6.45) is 1.20. The van der Waals surface area contributed by atoms with Crippen molar-refractivity contribution in [2.24, 2.45) is 0 Å². The van der Waals surface area contributed by atoms with E-state index >= 15 is 0 Å². The number of halogens is 2. The van der Waals surface area contributed by atoms with Crippen LogP contribution in [0.1, 0.15) is 24.0 Å². The van der Waals surface area contributed by atoms with Gasteiger partial charge in [-0.2, -0.15) is 0 Å². The van der Waals surface area contributed by atoms with E-state index in [1.807, 2.05) is 0 Å². The normalized spacial score (nSPS) is 16.2. The van der Waals surface area contributed by atoms with E-state index in [4.69, 9.17) is 15.9 Å². The SMILES string of the molecule is N=C(c1cccc(F)c1)c1cc(NCOCC2CCC(=O)N2)c(F)cc1N. The molecule has 142 valence electrons. The molecular formula is C19H20F2N4O2. The van der Waals surface area contributed by atoms with Crippen LogP contribution < -0.4 is 16.4 Å². The molecule has 2 aromatic carbocycles. The van der Waals surface area contributed by atoms with E-state index in [0.717, 1.165) is 6.07 Å². The van der Waals surface area contributed by atoms with Gasteiger partial charge < -0.3 is 21.1 Å². The molecule has 1 fully saturated rings. The Morgan fingerprint density at radius 1 is 1.33 bits per heavy atom. The van der Waals surface area contributed by atoms with Gasteiger partial charge >= 0.3 is 0 Å².